The molecule has 3 N–H and O–H groups in total. The van der Waals surface area contributed by atoms with E-state index in [1.165, 1.54) is 0 Å². The van der Waals surface area contributed by atoms with Crippen molar-refractivity contribution in [1.82, 2.24) is 14.8 Å². The van der Waals surface area contributed by atoms with Crippen LogP contribution in [0.25, 0.3) is 0 Å². The Kier molecular flexibility index (Phi) is 3.71. The van der Waals surface area contributed by atoms with Crippen LogP contribution in [0, 0.1) is 13.8 Å². The molecule has 6 nitrogen and oxygen atoms in total. The first-order valence-corrected chi connectivity index (χ1v) is 6.06. The van der Waals surface area contributed by atoms with E-state index >= 15 is 0 Å². The van der Waals surface area contributed by atoms with Gasteiger partial charge in [0.15, 0.2) is 5.82 Å². The first-order valence-electron chi connectivity index (χ1n) is 5.69. The number of nitrogen functional groups attached to an aromatic ring is 1. The van der Waals surface area contributed by atoms with E-state index in [-0.39, 0.29) is 12.5 Å². The number of amides is 1. The predicted octanol–water partition coefficient (Wildman–Crippen LogP) is 1.77. The summed E-state index contributed by atoms with van der Waals surface area (Å²) in [5.74, 6) is 0.0786. The highest BCUT2D eigenvalue weighted by Gasteiger charge is 2.12. The summed E-state index contributed by atoms with van der Waals surface area (Å²) in [4.78, 5) is 15.9. The molecular weight excluding hydrogens is 266 g/mol. The lowest BCUT2D eigenvalue weighted by molar-refractivity contribution is -0.117. The molecule has 0 spiro atoms. The smallest absolute Gasteiger partial charge is 0.247 e. The van der Waals surface area contributed by atoms with Gasteiger partial charge in [0, 0.05) is 6.20 Å². The number of nitrogens with two attached hydrogens (primary N) is 1. The SMILES string of the molecule is Cc1nn(CC(=O)Nc2ncccc2Cl)c(C)c1N. The fraction of sp³-hybridized carbons (Fsp3) is 0.250. The Morgan fingerprint density at radius 1 is 1.53 bits per heavy atom. The Hall–Kier alpha value is -2.08. The van der Waals surface area contributed by atoms with Crippen LogP contribution < -0.4 is 11.1 Å². The van der Waals surface area contributed by atoms with E-state index in [4.69, 9.17) is 17.3 Å². The van der Waals surface area contributed by atoms with E-state index in [1.807, 2.05) is 6.92 Å². The Labute approximate surface area is 115 Å². The van der Waals surface area contributed by atoms with Crippen molar-refractivity contribution in [3.05, 3.63) is 34.7 Å². The first kappa shape index (κ1) is 13.4. The molecule has 0 aliphatic rings. The fourth-order valence-corrected chi connectivity index (χ4v) is 1.82. The summed E-state index contributed by atoms with van der Waals surface area (Å²) in [5.41, 5.74) is 7.88. The molecule has 2 rings (SSSR count). The third-order valence-corrected chi connectivity index (χ3v) is 3.05. The van der Waals surface area contributed by atoms with E-state index < -0.39 is 0 Å². The predicted molar refractivity (Wildman–Crippen MR) is 74.0 cm³/mol. The van der Waals surface area contributed by atoms with E-state index in [1.54, 1.807) is 29.9 Å². The highest BCUT2D eigenvalue weighted by Crippen LogP contribution is 2.18. The van der Waals surface area contributed by atoms with Crippen LogP contribution in [0.15, 0.2) is 18.3 Å². The molecule has 0 bridgehead atoms. The van der Waals surface area contributed by atoms with E-state index in [0.29, 0.717) is 22.2 Å². The Balaban J connectivity index is 2.10. The number of hydrogen-bond acceptors (Lipinski definition) is 4. The lowest BCUT2D eigenvalue weighted by atomic mass is 10.3. The maximum atomic E-state index is 11.9. The molecular formula is C12H14ClN5O. The number of carbonyl (C=O) groups excluding carboxylic acids is 1. The van der Waals surface area contributed by atoms with Gasteiger partial charge in [-0.05, 0) is 26.0 Å². The highest BCUT2D eigenvalue weighted by atomic mass is 35.5. The summed E-state index contributed by atoms with van der Waals surface area (Å²) >= 11 is 5.91. The van der Waals surface area contributed by atoms with Crippen molar-refractivity contribution >= 4 is 29.0 Å². The van der Waals surface area contributed by atoms with Gasteiger partial charge in [-0.1, -0.05) is 11.6 Å². The molecule has 0 radical (unpaired) electrons. The van der Waals surface area contributed by atoms with Gasteiger partial charge in [-0.3, -0.25) is 9.48 Å². The van der Waals surface area contributed by atoms with Crippen LogP contribution >= 0.6 is 11.6 Å². The molecule has 0 aliphatic carbocycles. The molecule has 2 heterocycles. The van der Waals surface area contributed by atoms with E-state index in [0.717, 1.165) is 5.69 Å². The van der Waals surface area contributed by atoms with Crippen LogP contribution in [-0.4, -0.2) is 20.7 Å². The van der Waals surface area contributed by atoms with Gasteiger partial charge in [0.2, 0.25) is 5.91 Å². The standard InChI is InChI=1S/C12H14ClN5O/c1-7-11(14)8(2)18(17-7)6-10(19)16-12-9(13)4-3-5-15-12/h3-5H,6,14H2,1-2H3,(H,15,16,19). The number of pyridine rings is 1. The quantitative estimate of drug-likeness (QED) is 0.896. The van der Waals surface area contributed by atoms with Crippen molar-refractivity contribution in [3.8, 4) is 0 Å². The minimum atomic E-state index is -0.258. The molecule has 2 aromatic heterocycles. The third kappa shape index (κ3) is 2.85. The van der Waals surface area contributed by atoms with Crippen molar-refractivity contribution in [3.63, 3.8) is 0 Å². The number of nitrogens with zero attached hydrogens (tertiary/aromatic N) is 3. The molecule has 0 aliphatic heterocycles. The summed E-state index contributed by atoms with van der Waals surface area (Å²) in [6.45, 7) is 3.68. The van der Waals surface area contributed by atoms with Gasteiger partial charge in [0.1, 0.15) is 6.54 Å². The average molecular weight is 280 g/mol. The van der Waals surface area contributed by atoms with Gasteiger partial charge in [-0.2, -0.15) is 5.10 Å². The molecule has 2 aromatic rings. The van der Waals surface area contributed by atoms with Crippen molar-refractivity contribution in [2.45, 2.75) is 20.4 Å². The molecule has 7 heteroatoms. The third-order valence-electron chi connectivity index (χ3n) is 2.75. The second-order valence-electron chi connectivity index (χ2n) is 4.12. The van der Waals surface area contributed by atoms with E-state index in [2.05, 4.69) is 15.4 Å². The van der Waals surface area contributed by atoms with Gasteiger partial charge < -0.3 is 11.1 Å². The summed E-state index contributed by atoms with van der Waals surface area (Å²) in [7, 11) is 0. The summed E-state index contributed by atoms with van der Waals surface area (Å²) in [6, 6.07) is 3.35. The van der Waals surface area contributed by atoms with Crippen molar-refractivity contribution in [1.29, 1.82) is 0 Å². The number of aryl methyl sites for hydroxylation is 1. The zero-order valence-electron chi connectivity index (χ0n) is 10.6. The minimum Gasteiger partial charge on any atom is -0.396 e. The number of nitrogens with one attached hydrogen (secondary N) is 1. The summed E-state index contributed by atoms with van der Waals surface area (Å²) < 4.78 is 1.55. The molecule has 0 fully saturated rings. The van der Waals surface area contributed by atoms with Crippen LogP contribution in [0.5, 0.6) is 0 Å². The van der Waals surface area contributed by atoms with Gasteiger partial charge in [-0.25, -0.2) is 4.98 Å². The van der Waals surface area contributed by atoms with Crippen LogP contribution in [-0.2, 0) is 11.3 Å². The summed E-state index contributed by atoms with van der Waals surface area (Å²) in [6.07, 6.45) is 1.56. The van der Waals surface area contributed by atoms with Gasteiger partial charge in [0.25, 0.3) is 0 Å². The maximum Gasteiger partial charge on any atom is 0.247 e. The number of aromatic nitrogens is 3. The van der Waals surface area contributed by atoms with Crippen molar-refractivity contribution in [2.24, 2.45) is 0 Å². The van der Waals surface area contributed by atoms with Gasteiger partial charge in [0.05, 0.1) is 22.1 Å². The van der Waals surface area contributed by atoms with Gasteiger partial charge in [-0.15, -0.1) is 0 Å². The molecule has 0 unspecified atom stereocenters. The monoisotopic (exact) mass is 279 g/mol. The largest absolute Gasteiger partial charge is 0.396 e. The van der Waals surface area contributed by atoms with E-state index in [9.17, 15) is 4.79 Å². The molecule has 1 amide bonds. The highest BCUT2D eigenvalue weighted by molar-refractivity contribution is 6.33. The average Bonchev–Trinajstić information content (AvgIpc) is 2.60. The van der Waals surface area contributed by atoms with Crippen LogP contribution in [0.1, 0.15) is 11.4 Å². The molecule has 0 aromatic carbocycles. The Morgan fingerprint density at radius 3 is 2.84 bits per heavy atom. The molecule has 19 heavy (non-hydrogen) atoms. The fourth-order valence-electron chi connectivity index (χ4n) is 1.65. The number of carbonyl (C=O) groups is 1. The second-order valence-corrected chi connectivity index (χ2v) is 4.53. The number of hydrogen-bond donors (Lipinski definition) is 2. The van der Waals surface area contributed by atoms with Crippen LogP contribution in [0.2, 0.25) is 5.02 Å². The zero-order chi connectivity index (χ0) is 14.0. The first-order chi connectivity index (χ1) is 8.99. The minimum absolute atomic E-state index is 0.0662. The topological polar surface area (TPSA) is 85.8 Å². The molecule has 0 saturated carbocycles. The Bertz CT molecular complexity index is 623. The van der Waals surface area contributed by atoms with Crippen LogP contribution in [0.3, 0.4) is 0 Å². The zero-order valence-corrected chi connectivity index (χ0v) is 11.4. The van der Waals surface area contributed by atoms with Crippen molar-refractivity contribution in [2.75, 3.05) is 11.1 Å². The normalized spacial score (nSPS) is 10.5. The number of halogens is 1. The summed E-state index contributed by atoms with van der Waals surface area (Å²) in [5, 5.41) is 7.21. The Morgan fingerprint density at radius 2 is 2.26 bits per heavy atom. The lowest BCUT2D eigenvalue weighted by Crippen LogP contribution is -2.21. The second kappa shape index (κ2) is 5.27. The molecule has 0 saturated heterocycles. The molecule has 0 atom stereocenters. The van der Waals surface area contributed by atoms with Crippen molar-refractivity contribution < 1.29 is 4.79 Å². The molecule has 100 valence electrons. The number of anilines is 2. The van der Waals surface area contributed by atoms with Crippen LogP contribution in [0.4, 0.5) is 11.5 Å². The maximum absolute atomic E-state index is 11.9. The van der Waals surface area contributed by atoms with Gasteiger partial charge >= 0.3 is 0 Å². The number of rotatable bonds is 3. The lowest BCUT2D eigenvalue weighted by Gasteiger charge is -2.07.